The van der Waals surface area contributed by atoms with E-state index in [0.29, 0.717) is 10.1 Å². The van der Waals surface area contributed by atoms with Crippen molar-refractivity contribution in [2.45, 2.75) is 151 Å². The summed E-state index contributed by atoms with van der Waals surface area (Å²) in [6.07, 6.45) is 25.0. The van der Waals surface area contributed by atoms with Crippen LogP contribution in [0, 0.1) is 0 Å². The third-order valence-corrected chi connectivity index (χ3v) is 17.1. The summed E-state index contributed by atoms with van der Waals surface area (Å²) in [6, 6.07) is 17.8. The molecule has 5 heterocycles. The largest absolute Gasteiger partial charge is 0.376 e. The second kappa shape index (κ2) is 23.5. The summed E-state index contributed by atoms with van der Waals surface area (Å²) in [7, 11) is 0. The Hall–Kier alpha value is -1.98. The number of aromatic nitrogens is 1. The molecule has 4 saturated heterocycles. The van der Waals surface area contributed by atoms with Crippen LogP contribution in [-0.2, 0) is 15.6 Å². The van der Waals surface area contributed by atoms with Gasteiger partial charge in [0.15, 0.2) is 16.0 Å². The number of Topliss-reactive ketones (excluding diaryl/α,β-unsaturated/α-hetero) is 1. The predicted octanol–water partition coefficient (Wildman–Crippen LogP) is 12.0. The topological polar surface area (TPSA) is 68.9 Å². The van der Waals surface area contributed by atoms with Crippen LogP contribution >= 0.6 is 58.4 Å². The van der Waals surface area contributed by atoms with Gasteiger partial charge in [-0.05, 0) is 151 Å². The first-order valence-corrected chi connectivity index (χ1v) is 26.6. The number of hydrogen-bond donors (Lipinski definition) is 1. The average molecular weight is 943 g/mol. The van der Waals surface area contributed by atoms with Gasteiger partial charge in [-0.25, -0.2) is 4.98 Å². The van der Waals surface area contributed by atoms with Gasteiger partial charge >= 0.3 is 0 Å². The highest BCUT2D eigenvalue weighted by Crippen LogP contribution is 2.46. The van der Waals surface area contributed by atoms with Crippen molar-refractivity contribution < 1.29 is 4.79 Å². The van der Waals surface area contributed by atoms with Crippen molar-refractivity contribution in [1.29, 1.82) is 0 Å². The summed E-state index contributed by atoms with van der Waals surface area (Å²) < 4.78 is 0. The Morgan fingerprint density at radius 3 is 1.58 bits per heavy atom. The number of anilines is 1. The van der Waals surface area contributed by atoms with Gasteiger partial charge in [0, 0.05) is 59.1 Å². The molecule has 2 aliphatic carbocycles. The fourth-order valence-electron chi connectivity index (χ4n) is 11.5. The van der Waals surface area contributed by atoms with Crippen LogP contribution in [-0.4, -0.2) is 101 Å². The van der Waals surface area contributed by atoms with Crippen LogP contribution in [0.15, 0.2) is 53.9 Å². The third-order valence-electron chi connectivity index (χ3n) is 15.2. The van der Waals surface area contributed by atoms with Crippen LogP contribution in [0.1, 0.15) is 145 Å². The number of alkyl halides is 1. The molecule has 0 atom stereocenters. The van der Waals surface area contributed by atoms with E-state index in [4.69, 9.17) is 57.7 Å². The molecule has 2 N–H and O–H groups in total. The number of likely N-dealkylation sites (tertiary alicyclic amines) is 3. The Bertz CT molecular complexity index is 1820. The molecule has 7 nitrogen and oxygen atoms in total. The number of nitrogens with two attached hydrogens (primary N) is 1. The van der Waals surface area contributed by atoms with E-state index >= 15 is 0 Å². The number of nitrogens with zero attached hydrogens (tertiary/aromatic N) is 5. The smallest absolute Gasteiger partial charge is 0.185 e. The molecule has 9 rings (SSSR count). The van der Waals surface area contributed by atoms with Gasteiger partial charge in [-0.2, -0.15) is 0 Å². The van der Waals surface area contributed by atoms with Crippen molar-refractivity contribution in [3.63, 3.8) is 0 Å². The molecule has 4 aliphatic heterocycles. The van der Waals surface area contributed by atoms with Gasteiger partial charge in [0.25, 0.3) is 0 Å². The van der Waals surface area contributed by atoms with Crippen LogP contribution in [0.5, 0.6) is 0 Å². The van der Waals surface area contributed by atoms with E-state index in [1.807, 2.05) is 47.7 Å². The Morgan fingerprint density at radius 2 is 1.10 bits per heavy atom. The van der Waals surface area contributed by atoms with E-state index < -0.39 is 0 Å². The first-order valence-electron chi connectivity index (χ1n) is 24.1. The summed E-state index contributed by atoms with van der Waals surface area (Å²) in [5.74, 6) is 0.254. The molecule has 6 fully saturated rings. The minimum Gasteiger partial charge on any atom is -0.376 e. The number of hydrogen-bond acceptors (Lipinski definition) is 7. The van der Waals surface area contributed by atoms with Crippen LogP contribution in [0.4, 0.5) is 5.13 Å². The Balaban J connectivity index is 0.000000153. The molecular weight excluding hydrogens is 871 g/mol. The van der Waals surface area contributed by atoms with Crippen molar-refractivity contribution in [3.05, 3.63) is 80.8 Å². The molecule has 2 saturated carbocycles. The second-order valence-corrected chi connectivity index (χ2v) is 21.2. The molecule has 2 aromatic carbocycles. The van der Waals surface area contributed by atoms with Crippen LogP contribution in [0.25, 0.3) is 0 Å². The van der Waals surface area contributed by atoms with Crippen molar-refractivity contribution in [2.75, 3.05) is 63.1 Å². The van der Waals surface area contributed by atoms with E-state index in [1.54, 1.807) is 0 Å². The molecule has 0 radical (unpaired) electrons. The number of carbonyl (C=O) groups excluding carboxylic acids is 1. The Morgan fingerprint density at radius 1 is 0.645 bits per heavy atom. The minimum absolute atomic E-state index is 0.0731. The van der Waals surface area contributed by atoms with Gasteiger partial charge in [-0.1, -0.05) is 98.8 Å². The fraction of sp³-hybridized carbons (Fsp3) is 0.660. The Kier molecular flexibility index (Phi) is 18.2. The third kappa shape index (κ3) is 12.1. The number of rotatable bonds is 8. The molecule has 0 unspecified atom stereocenters. The number of halogens is 3. The summed E-state index contributed by atoms with van der Waals surface area (Å²) in [5.41, 5.74) is 9.12. The quantitative estimate of drug-likeness (QED) is 0.177. The number of piperidine rings is 4. The number of thiazole rings is 1. The summed E-state index contributed by atoms with van der Waals surface area (Å²) in [5, 5.41) is 5.69. The molecule has 340 valence electrons. The average Bonchev–Trinajstić information content (AvgIpc) is 3.85. The van der Waals surface area contributed by atoms with E-state index in [2.05, 4.69) is 37.1 Å². The van der Waals surface area contributed by atoms with Gasteiger partial charge in [0.2, 0.25) is 0 Å². The fourth-order valence-corrected chi connectivity index (χ4v) is 13.1. The second-order valence-electron chi connectivity index (χ2n) is 18.8. The predicted molar refractivity (Wildman–Crippen MR) is 267 cm³/mol. The maximum atomic E-state index is 12.2. The minimum atomic E-state index is -0.357. The van der Waals surface area contributed by atoms with Crippen LogP contribution in [0.2, 0.25) is 10.0 Å². The lowest BCUT2D eigenvalue weighted by Gasteiger charge is -2.40. The maximum absolute atomic E-state index is 12.2. The standard InChI is InChI=1S/C25H34ClN3S.C14H16Cl2O.C11H21N3S/c26-21-9-7-20(8-10-21)25(13-3-1-4-14-25)23-19-30-24(27-23)29-17-11-22(12-18-29)28-15-5-2-6-16-28;15-10-13(17)14(8-2-1-3-9-14)11-4-6-12(16)7-5-11;12-11(15)14-8-4-10(5-9-14)13-6-2-1-3-7-13/h7-10,19,22H,1-6,11-18H2;4-7H,1-3,8-10H2;10H,1-9H2,(H2,12,15). The highest BCUT2D eigenvalue weighted by Gasteiger charge is 2.41. The van der Waals surface area contributed by atoms with Crippen molar-refractivity contribution in [1.82, 2.24) is 19.7 Å². The molecule has 0 bridgehead atoms. The van der Waals surface area contributed by atoms with Gasteiger partial charge in [0.1, 0.15) is 0 Å². The first-order chi connectivity index (χ1) is 30.2. The zero-order valence-corrected chi connectivity index (χ0v) is 40.9. The lowest BCUT2D eigenvalue weighted by molar-refractivity contribution is -0.123. The van der Waals surface area contributed by atoms with Gasteiger partial charge in [-0.15, -0.1) is 22.9 Å². The summed E-state index contributed by atoms with van der Waals surface area (Å²) in [6.45, 7) is 9.65. The number of benzene rings is 2. The summed E-state index contributed by atoms with van der Waals surface area (Å²) >= 11 is 24.7. The van der Waals surface area contributed by atoms with E-state index in [9.17, 15) is 4.79 Å². The molecular formula is C50H71Cl3N6OS2. The number of carbonyl (C=O) groups is 1. The zero-order chi connectivity index (χ0) is 43.4. The monoisotopic (exact) mass is 940 g/mol. The van der Waals surface area contributed by atoms with Crippen molar-refractivity contribution in [2.24, 2.45) is 5.73 Å². The number of thiocarbonyl (C=S) groups is 1. The van der Waals surface area contributed by atoms with Gasteiger partial charge in [-0.3, -0.25) is 4.79 Å². The van der Waals surface area contributed by atoms with Gasteiger partial charge in [0.05, 0.1) is 17.0 Å². The normalized spacial score (nSPS) is 22.8. The zero-order valence-electron chi connectivity index (χ0n) is 37.0. The molecule has 6 aliphatic rings. The molecule has 62 heavy (non-hydrogen) atoms. The molecule has 0 spiro atoms. The molecule has 1 aromatic heterocycles. The van der Waals surface area contributed by atoms with E-state index in [0.717, 1.165) is 74.5 Å². The van der Waals surface area contributed by atoms with E-state index in [-0.39, 0.29) is 22.5 Å². The molecule has 3 aromatic rings. The first kappa shape index (κ1) is 48.0. The highest BCUT2D eigenvalue weighted by atomic mass is 35.5. The molecule has 0 amide bonds. The summed E-state index contributed by atoms with van der Waals surface area (Å²) in [4.78, 5) is 27.6. The SMILES string of the molecule is Clc1ccc(C2(c3csc(N4CCC(N5CCCCC5)CC4)n3)CCCCC2)cc1.NC(=S)N1CCC(N2CCCCC2)CC1.O=C(CCl)C1(c2ccc(Cl)cc2)CCCCC1. The Labute approximate surface area is 397 Å². The van der Waals surface area contributed by atoms with Crippen molar-refractivity contribution in [3.8, 4) is 0 Å². The van der Waals surface area contributed by atoms with E-state index in [1.165, 1.54) is 145 Å². The molecule has 12 heteroatoms. The van der Waals surface area contributed by atoms with Gasteiger partial charge < -0.3 is 25.3 Å². The lowest BCUT2D eigenvalue weighted by atomic mass is 9.67. The van der Waals surface area contributed by atoms with Crippen molar-refractivity contribution >= 4 is 74.4 Å². The van der Waals surface area contributed by atoms with Crippen LogP contribution in [0.3, 0.4) is 0 Å². The highest BCUT2D eigenvalue weighted by molar-refractivity contribution is 7.80. The lowest BCUT2D eigenvalue weighted by Crippen LogP contribution is -2.49. The number of ketones is 1. The van der Waals surface area contributed by atoms with Crippen LogP contribution < -0.4 is 10.6 Å². The maximum Gasteiger partial charge on any atom is 0.185 e.